The van der Waals surface area contributed by atoms with Crippen LogP contribution in [0.3, 0.4) is 0 Å². The van der Waals surface area contributed by atoms with Crippen molar-refractivity contribution < 1.29 is 19.1 Å². The van der Waals surface area contributed by atoms with E-state index in [1.54, 1.807) is 19.9 Å². The Morgan fingerprint density at radius 2 is 1.54 bits per heavy atom. The number of rotatable bonds is 6. The molecule has 1 amide bonds. The maximum atomic E-state index is 12.3. The van der Waals surface area contributed by atoms with Gasteiger partial charge in [-0.1, -0.05) is 30.3 Å². The van der Waals surface area contributed by atoms with Crippen LogP contribution in [0.5, 0.6) is 5.75 Å². The van der Waals surface area contributed by atoms with Gasteiger partial charge in [0, 0.05) is 5.69 Å². The Balaban J connectivity index is 1.94. The van der Waals surface area contributed by atoms with Gasteiger partial charge in [0.1, 0.15) is 5.75 Å². The molecule has 0 aromatic heterocycles. The molecule has 0 spiro atoms. The minimum absolute atomic E-state index is 0.376. The monoisotopic (exact) mass is 355 g/mol. The first-order valence-electron chi connectivity index (χ1n) is 8.59. The van der Waals surface area contributed by atoms with E-state index < -0.39 is 18.2 Å². The Kier molecular flexibility index (Phi) is 6.39. The largest absolute Gasteiger partial charge is 0.479 e. The van der Waals surface area contributed by atoms with Crippen LogP contribution in [0.1, 0.15) is 30.5 Å². The summed E-state index contributed by atoms with van der Waals surface area (Å²) in [4.78, 5) is 24.6. The highest BCUT2D eigenvalue weighted by Crippen LogP contribution is 2.20. The van der Waals surface area contributed by atoms with E-state index in [2.05, 4.69) is 5.32 Å². The summed E-state index contributed by atoms with van der Waals surface area (Å²) in [6, 6.07) is 13.1. The van der Waals surface area contributed by atoms with Crippen molar-refractivity contribution in [1.82, 2.24) is 0 Å². The van der Waals surface area contributed by atoms with E-state index in [1.165, 1.54) is 0 Å². The number of carbonyl (C=O) groups is 2. The van der Waals surface area contributed by atoms with Crippen LogP contribution in [0, 0.1) is 20.8 Å². The molecule has 0 radical (unpaired) electrons. The molecule has 0 bridgehead atoms. The predicted octanol–water partition coefficient (Wildman–Crippen LogP) is 3.95. The highest BCUT2D eigenvalue weighted by molar-refractivity contribution is 5.96. The van der Waals surface area contributed by atoms with Crippen LogP contribution < -0.4 is 10.1 Å². The maximum Gasteiger partial charge on any atom is 0.347 e. The van der Waals surface area contributed by atoms with Crippen LogP contribution in [-0.2, 0) is 14.3 Å². The fraction of sp³-hybridized carbons (Fsp3) is 0.333. The molecule has 0 aliphatic heterocycles. The van der Waals surface area contributed by atoms with E-state index in [-0.39, 0.29) is 5.91 Å². The number of aryl methyl sites for hydroxylation is 3. The van der Waals surface area contributed by atoms with E-state index in [0.29, 0.717) is 5.75 Å². The predicted molar refractivity (Wildman–Crippen MR) is 101 cm³/mol. The van der Waals surface area contributed by atoms with E-state index in [0.717, 1.165) is 22.4 Å². The van der Waals surface area contributed by atoms with Crippen molar-refractivity contribution in [1.29, 1.82) is 0 Å². The topological polar surface area (TPSA) is 64.6 Å². The van der Waals surface area contributed by atoms with Crippen molar-refractivity contribution in [3.05, 3.63) is 59.2 Å². The maximum absolute atomic E-state index is 12.3. The first kappa shape index (κ1) is 19.5. The van der Waals surface area contributed by atoms with Gasteiger partial charge in [-0.2, -0.15) is 0 Å². The first-order chi connectivity index (χ1) is 12.3. The molecule has 138 valence electrons. The third kappa shape index (κ3) is 5.09. The molecule has 2 aromatic carbocycles. The standard InChI is InChI=1S/C21H25NO4/c1-13-8-6-11-18(12-13)25-17(5)21(24)26-16(4)20(23)22-19-14(2)9-7-10-15(19)3/h6-12,16-17H,1-5H3,(H,22,23)/t16-,17+/m0/s1. The minimum atomic E-state index is -0.926. The molecule has 2 atom stereocenters. The number of benzene rings is 2. The van der Waals surface area contributed by atoms with Crippen LogP contribution in [-0.4, -0.2) is 24.1 Å². The van der Waals surface area contributed by atoms with Gasteiger partial charge in [0.15, 0.2) is 12.2 Å². The lowest BCUT2D eigenvalue weighted by atomic mass is 10.1. The lowest BCUT2D eigenvalue weighted by Gasteiger charge is -2.19. The van der Waals surface area contributed by atoms with E-state index in [9.17, 15) is 9.59 Å². The van der Waals surface area contributed by atoms with E-state index in [4.69, 9.17) is 9.47 Å². The van der Waals surface area contributed by atoms with Gasteiger partial charge in [0.25, 0.3) is 5.91 Å². The van der Waals surface area contributed by atoms with Crippen LogP contribution >= 0.6 is 0 Å². The Morgan fingerprint density at radius 3 is 2.15 bits per heavy atom. The van der Waals surface area contributed by atoms with Crippen LogP contribution in [0.4, 0.5) is 5.69 Å². The van der Waals surface area contributed by atoms with E-state index in [1.807, 2.05) is 57.2 Å². The molecule has 0 saturated heterocycles. The Labute approximate surface area is 154 Å². The second-order valence-electron chi connectivity index (χ2n) is 6.41. The summed E-state index contributed by atoms with van der Waals surface area (Å²) in [7, 11) is 0. The molecule has 0 aliphatic rings. The summed E-state index contributed by atoms with van der Waals surface area (Å²) >= 11 is 0. The Morgan fingerprint density at radius 1 is 0.923 bits per heavy atom. The molecule has 5 nitrogen and oxygen atoms in total. The van der Waals surface area contributed by atoms with Gasteiger partial charge < -0.3 is 14.8 Å². The number of hydrogen-bond acceptors (Lipinski definition) is 4. The van der Waals surface area contributed by atoms with Gasteiger partial charge >= 0.3 is 5.97 Å². The smallest absolute Gasteiger partial charge is 0.347 e. The average Bonchev–Trinajstić information content (AvgIpc) is 2.58. The normalized spacial score (nSPS) is 12.8. The van der Waals surface area contributed by atoms with Crippen molar-refractivity contribution in [2.75, 3.05) is 5.32 Å². The van der Waals surface area contributed by atoms with Crippen LogP contribution in [0.2, 0.25) is 0 Å². The summed E-state index contributed by atoms with van der Waals surface area (Å²) in [6.07, 6.45) is -1.74. The Hall–Kier alpha value is -2.82. The number of para-hydroxylation sites is 1. The third-order valence-electron chi connectivity index (χ3n) is 4.03. The molecule has 5 heteroatoms. The van der Waals surface area contributed by atoms with Crippen LogP contribution in [0.15, 0.2) is 42.5 Å². The second-order valence-corrected chi connectivity index (χ2v) is 6.41. The third-order valence-corrected chi connectivity index (χ3v) is 4.03. The summed E-state index contributed by atoms with van der Waals surface area (Å²) in [5.74, 6) is -0.378. The highest BCUT2D eigenvalue weighted by atomic mass is 16.6. The number of carbonyl (C=O) groups excluding carboxylic acids is 2. The summed E-state index contributed by atoms with van der Waals surface area (Å²) in [6.45, 7) is 8.91. The molecule has 0 heterocycles. The van der Waals surface area contributed by atoms with Crippen molar-refractivity contribution in [2.24, 2.45) is 0 Å². The van der Waals surface area contributed by atoms with Gasteiger partial charge in [-0.05, 0) is 63.4 Å². The molecule has 2 aromatic rings. The van der Waals surface area contributed by atoms with Crippen molar-refractivity contribution in [2.45, 2.75) is 46.8 Å². The summed E-state index contributed by atoms with van der Waals surface area (Å²) in [5.41, 5.74) is 3.68. The summed E-state index contributed by atoms with van der Waals surface area (Å²) in [5, 5.41) is 2.82. The van der Waals surface area contributed by atoms with Crippen molar-refractivity contribution in [3.8, 4) is 5.75 Å². The van der Waals surface area contributed by atoms with Gasteiger partial charge in [0.2, 0.25) is 0 Å². The minimum Gasteiger partial charge on any atom is -0.479 e. The lowest BCUT2D eigenvalue weighted by molar-refractivity contribution is -0.159. The van der Waals surface area contributed by atoms with Crippen molar-refractivity contribution >= 4 is 17.6 Å². The van der Waals surface area contributed by atoms with Gasteiger partial charge in [-0.25, -0.2) is 4.79 Å². The lowest BCUT2D eigenvalue weighted by Crippen LogP contribution is -2.35. The number of esters is 1. The number of hydrogen-bond donors (Lipinski definition) is 1. The molecular weight excluding hydrogens is 330 g/mol. The molecule has 0 unspecified atom stereocenters. The number of amides is 1. The first-order valence-corrected chi connectivity index (χ1v) is 8.59. The fourth-order valence-electron chi connectivity index (χ4n) is 2.50. The van der Waals surface area contributed by atoms with Crippen molar-refractivity contribution in [3.63, 3.8) is 0 Å². The number of nitrogens with one attached hydrogen (secondary N) is 1. The molecule has 0 fully saturated rings. The highest BCUT2D eigenvalue weighted by Gasteiger charge is 2.24. The second kappa shape index (κ2) is 8.52. The fourth-order valence-corrected chi connectivity index (χ4v) is 2.50. The number of ether oxygens (including phenoxy) is 2. The Bertz CT molecular complexity index is 780. The average molecular weight is 355 g/mol. The molecule has 26 heavy (non-hydrogen) atoms. The van der Waals surface area contributed by atoms with Gasteiger partial charge in [-0.3, -0.25) is 4.79 Å². The molecule has 0 aliphatic carbocycles. The summed E-state index contributed by atoms with van der Waals surface area (Å²) < 4.78 is 10.8. The molecule has 1 N–H and O–H groups in total. The van der Waals surface area contributed by atoms with Gasteiger partial charge in [-0.15, -0.1) is 0 Å². The number of anilines is 1. The zero-order valence-electron chi connectivity index (χ0n) is 15.8. The quantitative estimate of drug-likeness (QED) is 0.797. The molecule has 0 saturated carbocycles. The van der Waals surface area contributed by atoms with Crippen LogP contribution in [0.25, 0.3) is 0 Å². The molecule has 2 rings (SSSR count). The SMILES string of the molecule is Cc1cccc(O[C@H](C)C(=O)O[C@@H](C)C(=O)Nc2c(C)cccc2C)c1. The molecular formula is C21H25NO4. The van der Waals surface area contributed by atoms with E-state index >= 15 is 0 Å². The van der Waals surface area contributed by atoms with Gasteiger partial charge in [0.05, 0.1) is 0 Å². The zero-order chi connectivity index (χ0) is 19.3. The zero-order valence-corrected chi connectivity index (χ0v) is 15.8.